The molecule has 0 aliphatic carbocycles. The Hall–Kier alpha value is -1.96. The van der Waals surface area contributed by atoms with Crippen LogP contribution in [0, 0.1) is 0 Å². The molecule has 1 aromatic carbocycles. The highest BCUT2D eigenvalue weighted by atomic mass is 19.4. The summed E-state index contributed by atoms with van der Waals surface area (Å²) < 4.78 is 44.7. The summed E-state index contributed by atoms with van der Waals surface area (Å²) in [5.41, 5.74) is 4.57. The molecule has 1 aromatic rings. The molecule has 1 fully saturated rings. The molecular weight excluding hydrogens is 287 g/mol. The van der Waals surface area contributed by atoms with Gasteiger partial charge in [-0.1, -0.05) is 0 Å². The molecule has 116 valence electrons. The summed E-state index contributed by atoms with van der Waals surface area (Å²) in [5.74, 6) is -0.389. The number of likely N-dealkylation sites (N-methyl/N-ethyl adjacent to an activating group) is 1. The van der Waals surface area contributed by atoms with Crippen LogP contribution in [0.3, 0.4) is 0 Å². The Morgan fingerprint density at radius 1 is 1.48 bits per heavy atom. The molecule has 0 radical (unpaired) electrons. The van der Waals surface area contributed by atoms with Gasteiger partial charge in [-0.3, -0.25) is 4.79 Å². The number of morpholine rings is 1. The normalized spacial score (nSPS) is 19.4. The molecule has 3 N–H and O–H groups in total. The van der Waals surface area contributed by atoms with Crippen molar-refractivity contribution in [1.29, 1.82) is 0 Å². The largest absolute Gasteiger partial charge is 0.418 e. The van der Waals surface area contributed by atoms with Crippen LogP contribution in [-0.4, -0.2) is 38.8 Å². The lowest BCUT2D eigenvalue weighted by atomic mass is 10.1. The molecule has 1 aliphatic heterocycles. The predicted octanol–water partition coefficient (Wildman–Crippen LogP) is 1.24. The smallest absolute Gasteiger partial charge is 0.399 e. The van der Waals surface area contributed by atoms with Crippen molar-refractivity contribution in [2.45, 2.75) is 12.2 Å². The molecule has 21 heavy (non-hydrogen) atoms. The van der Waals surface area contributed by atoms with E-state index in [1.165, 1.54) is 24.1 Å². The molecule has 1 aliphatic rings. The summed E-state index contributed by atoms with van der Waals surface area (Å²) in [5, 5.41) is 2.44. The molecule has 1 atom stereocenters. The molecule has 1 heterocycles. The van der Waals surface area contributed by atoms with Crippen molar-refractivity contribution < 1.29 is 22.7 Å². The minimum Gasteiger partial charge on any atom is -0.399 e. The maximum Gasteiger partial charge on any atom is 0.418 e. The molecule has 1 unspecified atom stereocenters. The fraction of sp³-hybridized carbons (Fsp3) is 0.462. The average Bonchev–Trinajstić information content (AvgIpc) is 2.45. The number of nitrogen functional groups attached to an aromatic ring is 1. The second kappa shape index (κ2) is 5.80. The minimum absolute atomic E-state index is 0.0239. The third kappa shape index (κ3) is 3.21. The summed E-state index contributed by atoms with van der Waals surface area (Å²) in [6.07, 6.45) is -4.55. The van der Waals surface area contributed by atoms with Gasteiger partial charge in [0.2, 0.25) is 5.91 Å². The zero-order chi connectivity index (χ0) is 15.6. The second-order valence-corrected chi connectivity index (χ2v) is 4.67. The molecular formula is C13H16F3N3O2. The van der Waals surface area contributed by atoms with Gasteiger partial charge in [-0.25, -0.2) is 0 Å². The van der Waals surface area contributed by atoms with Gasteiger partial charge in [0, 0.05) is 25.0 Å². The molecule has 1 saturated heterocycles. The quantitative estimate of drug-likeness (QED) is 0.807. The van der Waals surface area contributed by atoms with Crippen molar-refractivity contribution in [2.24, 2.45) is 0 Å². The molecule has 0 aromatic heterocycles. The van der Waals surface area contributed by atoms with Crippen LogP contribution in [0.2, 0.25) is 0 Å². The summed E-state index contributed by atoms with van der Waals surface area (Å²) in [7, 11) is 1.43. The lowest BCUT2D eigenvalue weighted by Crippen LogP contribution is -2.53. The van der Waals surface area contributed by atoms with Gasteiger partial charge < -0.3 is 20.7 Å². The van der Waals surface area contributed by atoms with Crippen LogP contribution >= 0.6 is 0 Å². The van der Waals surface area contributed by atoms with Gasteiger partial charge in [-0.15, -0.1) is 0 Å². The minimum atomic E-state index is -4.55. The maximum absolute atomic E-state index is 13.2. The molecule has 0 saturated carbocycles. The highest BCUT2D eigenvalue weighted by molar-refractivity contribution is 5.86. The Morgan fingerprint density at radius 2 is 2.19 bits per heavy atom. The first-order valence-corrected chi connectivity index (χ1v) is 6.37. The highest BCUT2D eigenvalue weighted by Crippen LogP contribution is 2.38. The summed E-state index contributed by atoms with van der Waals surface area (Å²) in [4.78, 5) is 13.2. The Labute approximate surface area is 119 Å². The molecule has 5 nitrogen and oxygen atoms in total. The van der Waals surface area contributed by atoms with Gasteiger partial charge in [0.05, 0.1) is 18.8 Å². The third-order valence-corrected chi connectivity index (χ3v) is 3.31. The van der Waals surface area contributed by atoms with Gasteiger partial charge in [0.1, 0.15) is 6.04 Å². The number of anilines is 2. The Bertz CT molecular complexity index is 534. The van der Waals surface area contributed by atoms with E-state index in [4.69, 9.17) is 10.5 Å². The number of nitrogens with two attached hydrogens (primary N) is 1. The fourth-order valence-electron chi connectivity index (χ4n) is 2.31. The molecule has 2 rings (SSSR count). The van der Waals surface area contributed by atoms with Crippen LogP contribution in [0.4, 0.5) is 24.5 Å². The van der Waals surface area contributed by atoms with E-state index < -0.39 is 17.8 Å². The number of carbonyl (C=O) groups excluding carboxylic acids is 1. The number of halogens is 3. The number of carbonyl (C=O) groups is 1. The van der Waals surface area contributed by atoms with Gasteiger partial charge in [-0.05, 0) is 18.2 Å². The molecule has 0 spiro atoms. The van der Waals surface area contributed by atoms with E-state index in [0.717, 1.165) is 6.07 Å². The Kier molecular flexibility index (Phi) is 4.26. The van der Waals surface area contributed by atoms with E-state index in [1.807, 2.05) is 0 Å². The van der Waals surface area contributed by atoms with Crippen LogP contribution in [-0.2, 0) is 15.7 Å². The summed E-state index contributed by atoms with van der Waals surface area (Å²) in [6.45, 7) is 0.502. The Morgan fingerprint density at radius 3 is 2.81 bits per heavy atom. The molecule has 1 amide bonds. The van der Waals surface area contributed by atoms with Crippen LogP contribution in [0.5, 0.6) is 0 Å². The first kappa shape index (κ1) is 15.4. The monoisotopic (exact) mass is 303 g/mol. The summed E-state index contributed by atoms with van der Waals surface area (Å²) >= 11 is 0. The number of ether oxygens (including phenoxy) is 1. The van der Waals surface area contributed by atoms with Gasteiger partial charge in [-0.2, -0.15) is 13.2 Å². The van der Waals surface area contributed by atoms with Gasteiger partial charge in [0.15, 0.2) is 0 Å². The van der Waals surface area contributed by atoms with E-state index >= 15 is 0 Å². The topological polar surface area (TPSA) is 67.6 Å². The van der Waals surface area contributed by atoms with E-state index in [2.05, 4.69) is 5.32 Å². The lowest BCUT2D eigenvalue weighted by Gasteiger charge is -2.37. The number of benzene rings is 1. The van der Waals surface area contributed by atoms with Gasteiger partial charge >= 0.3 is 6.18 Å². The third-order valence-electron chi connectivity index (χ3n) is 3.31. The second-order valence-electron chi connectivity index (χ2n) is 4.67. The SMILES string of the molecule is CNC(=O)C1COCCN1c1ccc(N)cc1C(F)(F)F. The van der Waals surface area contributed by atoms with E-state index in [1.54, 1.807) is 0 Å². The van der Waals surface area contributed by atoms with Gasteiger partial charge in [0.25, 0.3) is 0 Å². The number of alkyl halides is 3. The zero-order valence-electron chi connectivity index (χ0n) is 11.4. The van der Waals surface area contributed by atoms with Crippen molar-refractivity contribution >= 4 is 17.3 Å². The van der Waals surface area contributed by atoms with E-state index in [9.17, 15) is 18.0 Å². The number of rotatable bonds is 2. The number of amides is 1. The fourth-order valence-corrected chi connectivity index (χ4v) is 2.31. The number of nitrogens with zero attached hydrogens (tertiary/aromatic N) is 1. The number of hydrogen-bond acceptors (Lipinski definition) is 4. The van der Waals surface area contributed by atoms with E-state index in [0.29, 0.717) is 0 Å². The maximum atomic E-state index is 13.2. The molecule has 0 bridgehead atoms. The standard InChI is InChI=1S/C13H16F3N3O2/c1-18-12(20)11-7-21-5-4-19(11)10-3-2-8(17)6-9(10)13(14,15)16/h2-3,6,11H,4-5,7,17H2,1H3,(H,18,20). The van der Waals surface area contributed by atoms with Crippen LogP contribution in [0.25, 0.3) is 0 Å². The zero-order valence-corrected chi connectivity index (χ0v) is 11.4. The first-order valence-electron chi connectivity index (χ1n) is 6.37. The predicted molar refractivity (Wildman–Crippen MR) is 71.9 cm³/mol. The Balaban J connectivity index is 2.46. The number of hydrogen-bond donors (Lipinski definition) is 2. The van der Waals surface area contributed by atoms with E-state index in [-0.39, 0.29) is 37.0 Å². The van der Waals surface area contributed by atoms with Crippen LogP contribution < -0.4 is 16.0 Å². The van der Waals surface area contributed by atoms with Crippen molar-refractivity contribution in [3.05, 3.63) is 23.8 Å². The molecule has 8 heteroatoms. The lowest BCUT2D eigenvalue weighted by molar-refractivity contribution is -0.137. The van der Waals surface area contributed by atoms with Crippen molar-refractivity contribution in [3.8, 4) is 0 Å². The number of nitrogens with one attached hydrogen (secondary N) is 1. The van der Waals surface area contributed by atoms with Crippen molar-refractivity contribution in [3.63, 3.8) is 0 Å². The van der Waals surface area contributed by atoms with Crippen molar-refractivity contribution in [1.82, 2.24) is 5.32 Å². The average molecular weight is 303 g/mol. The van der Waals surface area contributed by atoms with Crippen LogP contribution in [0.15, 0.2) is 18.2 Å². The summed E-state index contributed by atoms with van der Waals surface area (Å²) in [6, 6.07) is 2.76. The van der Waals surface area contributed by atoms with Crippen LogP contribution in [0.1, 0.15) is 5.56 Å². The van der Waals surface area contributed by atoms with Crippen molar-refractivity contribution in [2.75, 3.05) is 37.4 Å². The first-order chi connectivity index (χ1) is 9.84. The highest BCUT2D eigenvalue weighted by Gasteiger charge is 2.38.